The lowest BCUT2D eigenvalue weighted by molar-refractivity contribution is -0.133. The van der Waals surface area contributed by atoms with Gasteiger partial charge in [0.05, 0.1) is 11.6 Å². The van der Waals surface area contributed by atoms with Crippen molar-refractivity contribution in [2.45, 2.75) is 60.1 Å². The zero-order valence-corrected chi connectivity index (χ0v) is 19.9. The summed E-state index contributed by atoms with van der Waals surface area (Å²) in [5, 5.41) is 2.32. The number of nitrogens with one attached hydrogen (secondary N) is 1. The van der Waals surface area contributed by atoms with Gasteiger partial charge in [0.1, 0.15) is 11.5 Å². The molecule has 0 aliphatic heterocycles. The van der Waals surface area contributed by atoms with E-state index in [9.17, 15) is 31.5 Å². The summed E-state index contributed by atoms with van der Waals surface area (Å²) in [5.41, 5.74) is 3.53. The molecule has 3 N–H and O–H groups in total. The van der Waals surface area contributed by atoms with Crippen molar-refractivity contribution in [3.05, 3.63) is 42.1 Å². The van der Waals surface area contributed by atoms with Gasteiger partial charge in [-0.2, -0.15) is 13.2 Å². The molecule has 0 bridgehead atoms. The van der Waals surface area contributed by atoms with Crippen molar-refractivity contribution in [3.8, 4) is 0 Å². The van der Waals surface area contributed by atoms with Gasteiger partial charge in [-0.25, -0.2) is 8.78 Å². The summed E-state index contributed by atoms with van der Waals surface area (Å²) in [4.78, 5) is 27.4. The lowest BCUT2D eigenvalue weighted by Gasteiger charge is -2.18. The summed E-state index contributed by atoms with van der Waals surface area (Å²) < 4.78 is 61.7. The van der Waals surface area contributed by atoms with E-state index in [1.807, 2.05) is 27.7 Å². The van der Waals surface area contributed by atoms with Crippen LogP contribution in [0.15, 0.2) is 35.5 Å². The van der Waals surface area contributed by atoms with Gasteiger partial charge in [0.2, 0.25) is 5.91 Å². The minimum atomic E-state index is -4.40. The Balaban J connectivity index is 0. The number of allylic oxidation sites excluding steroid dienone is 1. The third-order valence-electron chi connectivity index (χ3n) is 4.33. The van der Waals surface area contributed by atoms with E-state index in [1.165, 1.54) is 12.1 Å². The molecule has 0 heterocycles. The number of halogens is 5. The summed E-state index contributed by atoms with van der Waals surface area (Å²) in [6.45, 7) is 9.50. The number of rotatable bonds is 8. The number of carbonyl (C=O) groups is 2. The van der Waals surface area contributed by atoms with Gasteiger partial charge in [-0.15, -0.1) is 0 Å². The summed E-state index contributed by atoms with van der Waals surface area (Å²) in [7, 11) is 1.06. The number of hydrogen-bond acceptors (Lipinski definition) is 4. The summed E-state index contributed by atoms with van der Waals surface area (Å²) in [5.74, 6) is -3.94. The summed E-state index contributed by atoms with van der Waals surface area (Å²) in [6.07, 6.45) is -1.20. The number of nitrogens with two attached hydrogens (primary N) is 1. The third-order valence-corrected chi connectivity index (χ3v) is 4.33. The molecule has 0 spiro atoms. The molecule has 0 saturated carbocycles. The molecule has 1 aromatic carbocycles. The zero-order chi connectivity index (χ0) is 26.2. The molecule has 0 fully saturated rings. The first-order valence-corrected chi connectivity index (χ1v) is 10.6. The Morgan fingerprint density at radius 1 is 1.18 bits per heavy atom. The highest BCUT2D eigenvalue weighted by atomic mass is 19.4. The van der Waals surface area contributed by atoms with Crippen molar-refractivity contribution >= 4 is 23.1 Å². The number of Topliss-reactive ketones (excluding diaryl/α,β-unsaturated/α-hetero) is 1. The molecule has 1 rings (SSSR count). The second-order valence-electron chi connectivity index (χ2n) is 6.61. The van der Waals surface area contributed by atoms with Crippen LogP contribution >= 0.6 is 0 Å². The van der Waals surface area contributed by atoms with E-state index in [0.717, 1.165) is 19.3 Å². The fourth-order valence-electron chi connectivity index (χ4n) is 2.44. The average Bonchev–Trinajstić information content (AvgIpc) is 2.78. The van der Waals surface area contributed by atoms with E-state index in [0.29, 0.717) is 25.3 Å². The average molecular weight is 480 g/mol. The Morgan fingerprint density at radius 3 is 2.15 bits per heavy atom. The van der Waals surface area contributed by atoms with Crippen LogP contribution in [0.4, 0.5) is 27.6 Å². The highest BCUT2D eigenvalue weighted by Crippen LogP contribution is 2.21. The van der Waals surface area contributed by atoms with Crippen LogP contribution in [0.2, 0.25) is 0 Å². The molecular weight excluding hydrogens is 445 g/mol. The molecule has 33 heavy (non-hydrogen) atoms. The molecule has 0 radical (unpaired) electrons. The van der Waals surface area contributed by atoms with Crippen molar-refractivity contribution in [2.75, 3.05) is 12.4 Å². The Labute approximate surface area is 192 Å². The van der Waals surface area contributed by atoms with Crippen molar-refractivity contribution in [1.29, 1.82) is 0 Å². The minimum Gasteiger partial charge on any atom is -0.405 e. The normalized spacial score (nSPS) is 13.2. The summed E-state index contributed by atoms with van der Waals surface area (Å²) in [6, 6.07) is 3.55. The SMILES string of the molecule is CC.CCCC(C(=O)Nc1cccc(F)c1F)C(=O)[C@H](C)CC.CN=C(/C=C\N)C(F)(F)F. The maximum atomic E-state index is 13.6. The van der Waals surface area contributed by atoms with Crippen LogP contribution < -0.4 is 11.1 Å². The maximum absolute atomic E-state index is 13.6. The molecule has 0 aliphatic carbocycles. The first-order valence-electron chi connectivity index (χ1n) is 10.6. The van der Waals surface area contributed by atoms with Crippen LogP contribution in [0.5, 0.6) is 0 Å². The maximum Gasteiger partial charge on any atom is 0.432 e. The number of benzene rings is 1. The fraction of sp³-hybridized carbons (Fsp3) is 0.522. The van der Waals surface area contributed by atoms with Gasteiger partial charge in [-0.05, 0) is 37.3 Å². The van der Waals surface area contributed by atoms with Gasteiger partial charge >= 0.3 is 6.18 Å². The number of aliphatic imine (C=N–C) groups is 1. The van der Waals surface area contributed by atoms with Crippen molar-refractivity contribution < 1.29 is 31.5 Å². The molecule has 0 aromatic heterocycles. The number of nitrogens with zero attached hydrogens (tertiary/aromatic N) is 1. The lowest BCUT2D eigenvalue weighted by Crippen LogP contribution is -2.33. The first kappa shape index (κ1) is 32.4. The monoisotopic (exact) mass is 479 g/mol. The quantitative estimate of drug-likeness (QED) is 0.270. The number of hydrogen-bond donors (Lipinski definition) is 2. The molecule has 1 unspecified atom stereocenters. The van der Waals surface area contributed by atoms with Gasteiger partial charge in [-0.1, -0.05) is 47.1 Å². The lowest BCUT2D eigenvalue weighted by atomic mass is 9.88. The standard InChI is InChI=1S/C16H21F2NO2.C5H7F3N2.C2H6/c1-4-7-11(15(20)10(3)5-2)16(21)19-13-9-6-8-12(17)14(13)18;1-10-4(2-3-9)5(6,7)8;1-2/h6,8-11H,4-5,7H2,1-3H3,(H,19,21);2-3H,9H2,1H3;1-2H3/b;3-2-,10-4?;/t10-,11?;;/m1../s1. The minimum absolute atomic E-state index is 0.159. The van der Waals surface area contributed by atoms with Crippen LogP contribution in [0, 0.1) is 23.5 Å². The summed E-state index contributed by atoms with van der Waals surface area (Å²) >= 11 is 0. The van der Waals surface area contributed by atoms with Crippen molar-refractivity contribution in [3.63, 3.8) is 0 Å². The van der Waals surface area contributed by atoms with Crippen LogP contribution in [0.25, 0.3) is 0 Å². The second-order valence-corrected chi connectivity index (χ2v) is 6.61. The second kappa shape index (κ2) is 16.8. The fourth-order valence-corrected chi connectivity index (χ4v) is 2.44. The van der Waals surface area contributed by atoms with Crippen LogP contribution in [-0.2, 0) is 9.59 Å². The Hall–Kier alpha value is -2.78. The molecular formula is C23H34F5N3O2. The Bertz CT molecular complexity index is 793. The Morgan fingerprint density at radius 2 is 1.76 bits per heavy atom. The zero-order valence-electron chi connectivity index (χ0n) is 19.9. The molecule has 10 heteroatoms. The van der Waals surface area contributed by atoms with E-state index in [-0.39, 0.29) is 17.4 Å². The molecule has 188 valence electrons. The van der Waals surface area contributed by atoms with Gasteiger partial charge in [0, 0.05) is 13.0 Å². The van der Waals surface area contributed by atoms with E-state index in [2.05, 4.69) is 10.3 Å². The van der Waals surface area contributed by atoms with Crippen LogP contribution in [-0.4, -0.2) is 30.6 Å². The smallest absolute Gasteiger partial charge is 0.405 e. The number of carbonyl (C=O) groups excluding carboxylic acids is 2. The number of amides is 1. The van der Waals surface area contributed by atoms with Crippen molar-refractivity contribution in [2.24, 2.45) is 22.6 Å². The van der Waals surface area contributed by atoms with E-state index < -0.39 is 35.3 Å². The number of ketones is 1. The van der Waals surface area contributed by atoms with Crippen LogP contribution in [0.1, 0.15) is 53.9 Å². The first-order chi connectivity index (χ1) is 15.4. The molecule has 1 aromatic rings. The van der Waals surface area contributed by atoms with Gasteiger partial charge in [-0.3, -0.25) is 14.6 Å². The predicted molar refractivity (Wildman–Crippen MR) is 122 cm³/mol. The third kappa shape index (κ3) is 11.6. The topological polar surface area (TPSA) is 84.5 Å². The highest BCUT2D eigenvalue weighted by molar-refractivity contribution is 6.07. The number of alkyl halides is 3. The van der Waals surface area contributed by atoms with Gasteiger partial charge < -0.3 is 11.1 Å². The van der Waals surface area contributed by atoms with E-state index in [1.54, 1.807) is 6.92 Å². The van der Waals surface area contributed by atoms with Gasteiger partial charge in [0.25, 0.3) is 0 Å². The number of anilines is 1. The molecule has 0 saturated heterocycles. The van der Waals surface area contributed by atoms with E-state index in [4.69, 9.17) is 5.73 Å². The van der Waals surface area contributed by atoms with Crippen LogP contribution in [0.3, 0.4) is 0 Å². The molecule has 1 amide bonds. The molecule has 5 nitrogen and oxygen atoms in total. The Kier molecular flexibility index (Phi) is 16.5. The molecule has 2 atom stereocenters. The van der Waals surface area contributed by atoms with Crippen molar-refractivity contribution in [1.82, 2.24) is 0 Å². The van der Waals surface area contributed by atoms with Gasteiger partial charge in [0.15, 0.2) is 11.6 Å². The predicted octanol–water partition coefficient (Wildman–Crippen LogP) is 6.05. The highest BCUT2D eigenvalue weighted by Gasteiger charge is 2.33. The largest absolute Gasteiger partial charge is 0.432 e. The van der Waals surface area contributed by atoms with E-state index >= 15 is 0 Å². The molecule has 0 aliphatic rings.